The Balaban J connectivity index is 3.09. The molecule has 0 bridgehead atoms. The van der Waals surface area contributed by atoms with Crippen molar-refractivity contribution in [2.45, 2.75) is 187 Å². The Labute approximate surface area is 236 Å². The first-order valence-corrected chi connectivity index (χ1v) is 16.7. The molecule has 0 atom stereocenters. The molecule has 1 N–H and O–H groups in total. The number of unbranched alkanes of at least 4 members (excludes halogenated alkanes) is 27. The lowest BCUT2D eigenvalue weighted by molar-refractivity contribution is -0.138. The van der Waals surface area contributed by atoms with Crippen molar-refractivity contribution in [2.24, 2.45) is 0 Å². The molecule has 0 radical (unpaired) electrons. The monoisotopic (exact) mass is 536 g/mol. The van der Waals surface area contributed by atoms with Crippen molar-refractivity contribution < 1.29 is 19.4 Å². The molecule has 4 heteroatoms. The molecular weight excluding hydrogens is 472 g/mol. The van der Waals surface area contributed by atoms with Gasteiger partial charge in [0, 0.05) is 12.2 Å². The van der Waals surface area contributed by atoms with E-state index in [-0.39, 0.29) is 0 Å². The van der Waals surface area contributed by atoms with Crippen LogP contribution in [0.15, 0.2) is 12.2 Å². The Kier molecular flexibility index (Phi) is 30.8. The van der Waals surface area contributed by atoms with Crippen LogP contribution in [0.1, 0.15) is 187 Å². The Morgan fingerprint density at radius 1 is 0.447 bits per heavy atom. The average Bonchev–Trinajstić information content (AvgIpc) is 2.91. The summed E-state index contributed by atoms with van der Waals surface area (Å²) >= 11 is 0. The highest BCUT2D eigenvalue weighted by molar-refractivity contribution is 5.90. The molecule has 0 aliphatic carbocycles. The van der Waals surface area contributed by atoms with Crippen LogP contribution in [0.25, 0.3) is 0 Å². The molecule has 0 aromatic carbocycles. The number of esters is 1. The van der Waals surface area contributed by atoms with Gasteiger partial charge in [0.25, 0.3) is 0 Å². The first-order valence-electron chi connectivity index (χ1n) is 16.7. The molecule has 0 saturated heterocycles. The summed E-state index contributed by atoms with van der Waals surface area (Å²) < 4.78 is 4.96. The van der Waals surface area contributed by atoms with Gasteiger partial charge in [0.05, 0.1) is 6.61 Å². The molecule has 0 fully saturated rings. The van der Waals surface area contributed by atoms with E-state index >= 15 is 0 Å². The topological polar surface area (TPSA) is 63.6 Å². The molecule has 0 amide bonds. The van der Waals surface area contributed by atoms with Crippen LogP contribution in [0.5, 0.6) is 0 Å². The van der Waals surface area contributed by atoms with Gasteiger partial charge in [-0.05, 0) is 6.42 Å². The standard InChI is InChI=1S/C34H64O4/c1-2-3-4-5-6-7-8-9-10-11-12-13-14-15-16-17-18-19-20-21-22-23-24-25-26-27-28-29-32-38-34(37)31-30-33(35)36/h30-31H,2-29,32H2,1H3,(H,35,36). The molecule has 4 nitrogen and oxygen atoms in total. The number of hydrogen-bond donors (Lipinski definition) is 1. The van der Waals surface area contributed by atoms with Gasteiger partial charge in [0.1, 0.15) is 0 Å². The van der Waals surface area contributed by atoms with Crippen LogP contribution < -0.4 is 0 Å². The third-order valence-corrected chi connectivity index (χ3v) is 7.60. The van der Waals surface area contributed by atoms with Gasteiger partial charge in [-0.2, -0.15) is 0 Å². The van der Waals surface area contributed by atoms with Crippen LogP contribution in [0.2, 0.25) is 0 Å². The highest BCUT2D eigenvalue weighted by Gasteiger charge is 1.99. The highest BCUT2D eigenvalue weighted by atomic mass is 16.5. The van der Waals surface area contributed by atoms with E-state index in [9.17, 15) is 9.59 Å². The second-order valence-corrected chi connectivity index (χ2v) is 11.4. The van der Waals surface area contributed by atoms with Crippen molar-refractivity contribution in [2.75, 3.05) is 6.61 Å². The van der Waals surface area contributed by atoms with Gasteiger partial charge in [-0.3, -0.25) is 0 Å². The lowest BCUT2D eigenvalue weighted by Gasteiger charge is -2.05. The minimum Gasteiger partial charge on any atom is -0.478 e. The van der Waals surface area contributed by atoms with E-state index in [1.54, 1.807) is 0 Å². The summed E-state index contributed by atoms with van der Waals surface area (Å²) in [6.07, 6.45) is 40.4. The number of carboxylic acids is 1. The first kappa shape index (κ1) is 36.7. The van der Waals surface area contributed by atoms with E-state index in [1.807, 2.05) is 0 Å². The predicted octanol–water partition coefficient (Wildman–Crippen LogP) is 11.1. The summed E-state index contributed by atoms with van der Waals surface area (Å²) in [5.41, 5.74) is 0. The summed E-state index contributed by atoms with van der Waals surface area (Å²) in [6, 6.07) is 0. The van der Waals surface area contributed by atoms with Gasteiger partial charge in [0.15, 0.2) is 0 Å². The lowest BCUT2D eigenvalue weighted by atomic mass is 10.0. The van der Waals surface area contributed by atoms with Crippen LogP contribution in [0, 0.1) is 0 Å². The number of rotatable bonds is 31. The number of carbonyl (C=O) groups excluding carboxylic acids is 1. The molecule has 224 valence electrons. The highest BCUT2D eigenvalue weighted by Crippen LogP contribution is 2.16. The number of aliphatic carboxylic acids is 1. The van der Waals surface area contributed by atoms with Crippen molar-refractivity contribution >= 4 is 11.9 Å². The third kappa shape index (κ3) is 32.7. The molecule has 38 heavy (non-hydrogen) atoms. The molecule has 0 saturated carbocycles. The lowest BCUT2D eigenvalue weighted by Crippen LogP contribution is -2.03. The fourth-order valence-corrected chi connectivity index (χ4v) is 5.13. The second-order valence-electron chi connectivity index (χ2n) is 11.4. The van der Waals surface area contributed by atoms with Gasteiger partial charge in [0.2, 0.25) is 0 Å². The van der Waals surface area contributed by atoms with Gasteiger partial charge in [-0.15, -0.1) is 0 Å². The summed E-state index contributed by atoms with van der Waals surface area (Å²) in [4.78, 5) is 21.5. The Bertz CT molecular complexity index is 529. The Morgan fingerprint density at radius 2 is 0.711 bits per heavy atom. The SMILES string of the molecule is CCCCCCCCCCCCCCCCCCCCCCCCCCCCCCOC(=O)C=CC(=O)O. The van der Waals surface area contributed by atoms with Crippen molar-refractivity contribution in [3.63, 3.8) is 0 Å². The average molecular weight is 537 g/mol. The molecule has 0 unspecified atom stereocenters. The van der Waals surface area contributed by atoms with Crippen LogP contribution in [0.4, 0.5) is 0 Å². The van der Waals surface area contributed by atoms with Gasteiger partial charge in [-0.1, -0.05) is 180 Å². The van der Waals surface area contributed by atoms with E-state index in [4.69, 9.17) is 9.84 Å². The van der Waals surface area contributed by atoms with Crippen molar-refractivity contribution in [1.29, 1.82) is 0 Å². The maximum atomic E-state index is 11.2. The summed E-state index contributed by atoms with van der Waals surface area (Å²) in [5.74, 6) is -1.70. The summed E-state index contributed by atoms with van der Waals surface area (Å²) in [7, 11) is 0. The normalized spacial score (nSPS) is 11.4. The maximum Gasteiger partial charge on any atom is 0.331 e. The molecular formula is C34H64O4. The fourth-order valence-electron chi connectivity index (χ4n) is 5.13. The first-order chi connectivity index (χ1) is 18.7. The number of hydrogen-bond acceptors (Lipinski definition) is 3. The minimum absolute atomic E-state index is 0.377. The second kappa shape index (κ2) is 31.9. The summed E-state index contributed by atoms with van der Waals surface area (Å²) in [5, 5.41) is 8.45. The zero-order chi connectivity index (χ0) is 27.8. The summed E-state index contributed by atoms with van der Waals surface area (Å²) in [6.45, 7) is 2.67. The number of carboxylic acid groups (broad SMARTS) is 1. The van der Waals surface area contributed by atoms with E-state index in [0.717, 1.165) is 25.0 Å². The molecule has 0 spiro atoms. The molecule has 0 rings (SSSR count). The molecule has 0 heterocycles. The van der Waals surface area contributed by atoms with E-state index in [1.165, 1.54) is 167 Å². The van der Waals surface area contributed by atoms with Crippen molar-refractivity contribution in [1.82, 2.24) is 0 Å². The van der Waals surface area contributed by atoms with Crippen LogP contribution in [-0.2, 0) is 14.3 Å². The van der Waals surface area contributed by atoms with Gasteiger partial charge in [-0.25, -0.2) is 9.59 Å². The van der Waals surface area contributed by atoms with E-state index in [0.29, 0.717) is 6.61 Å². The smallest absolute Gasteiger partial charge is 0.331 e. The van der Waals surface area contributed by atoms with Crippen molar-refractivity contribution in [3.05, 3.63) is 12.2 Å². The number of ether oxygens (including phenoxy) is 1. The van der Waals surface area contributed by atoms with Crippen LogP contribution >= 0.6 is 0 Å². The Hall–Kier alpha value is -1.32. The van der Waals surface area contributed by atoms with E-state index < -0.39 is 11.9 Å². The van der Waals surface area contributed by atoms with Crippen molar-refractivity contribution in [3.8, 4) is 0 Å². The quantitative estimate of drug-likeness (QED) is 0.0543. The predicted molar refractivity (Wildman–Crippen MR) is 163 cm³/mol. The minimum atomic E-state index is -1.13. The van der Waals surface area contributed by atoms with Crippen LogP contribution in [0.3, 0.4) is 0 Å². The van der Waals surface area contributed by atoms with Gasteiger partial charge >= 0.3 is 11.9 Å². The number of carbonyl (C=O) groups is 2. The fraction of sp³-hybridized carbons (Fsp3) is 0.882. The Morgan fingerprint density at radius 3 is 0.974 bits per heavy atom. The molecule has 0 aliphatic rings. The largest absolute Gasteiger partial charge is 0.478 e. The zero-order valence-electron chi connectivity index (χ0n) is 25.3. The molecule has 0 aliphatic heterocycles. The zero-order valence-corrected chi connectivity index (χ0v) is 25.3. The molecule has 0 aromatic rings. The van der Waals surface area contributed by atoms with Crippen LogP contribution in [-0.4, -0.2) is 23.7 Å². The molecule has 0 aromatic heterocycles. The maximum absolute atomic E-state index is 11.2. The van der Waals surface area contributed by atoms with Gasteiger partial charge < -0.3 is 9.84 Å². The van der Waals surface area contributed by atoms with E-state index in [2.05, 4.69) is 6.92 Å². The third-order valence-electron chi connectivity index (χ3n) is 7.60.